The molecule has 0 N–H and O–H groups in total. The Morgan fingerprint density at radius 3 is 0.881 bits per heavy atom. The summed E-state index contributed by atoms with van der Waals surface area (Å²) >= 11 is 27.1. The predicted molar refractivity (Wildman–Crippen MR) is 557 cm³/mol. The molecule has 6 aromatic heterocycles. The maximum Gasteiger partial charge on any atom is 0.505 e. The highest BCUT2D eigenvalue weighted by molar-refractivity contribution is 14.1. The van der Waals surface area contributed by atoms with E-state index < -0.39 is 0 Å². The van der Waals surface area contributed by atoms with Crippen LogP contribution in [0.1, 0.15) is 518 Å². The second-order valence-electron chi connectivity index (χ2n) is 35.1. The lowest BCUT2D eigenvalue weighted by molar-refractivity contribution is 0.00578. The van der Waals surface area contributed by atoms with Crippen molar-refractivity contribution in [3.63, 3.8) is 0 Å². The zero-order chi connectivity index (χ0) is 81.8. The summed E-state index contributed by atoms with van der Waals surface area (Å²) < 4.78 is 17.0. The van der Waals surface area contributed by atoms with Crippen LogP contribution < -0.4 is 4.78 Å². The Morgan fingerprint density at radius 2 is 0.559 bits per heavy atom. The van der Waals surface area contributed by atoms with E-state index in [0.717, 1.165) is 50.8 Å². The third-order valence-electron chi connectivity index (χ3n) is 24.2. The molecule has 7 rings (SSSR count). The molecule has 14 heteroatoms. The van der Waals surface area contributed by atoms with E-state index in [0.29, 0.717) is 0 Å². The first-order valence-corrected chi connectivity index (χ1v) is 55.3. The summed E-state index contributed by atoms with van der Waals surface area (Å²) in [6.45, 7) is 22.3. The SMILES string of the molecule is C.C.C.C.CCCCCCCCCCCCc1cc(I)sc1-c1nc(CCCCCCCCCCCC)c(Cl)s1.CCCCCCCCCCCCc1ccsc1-c1cc(CCCCCCCCCCCC)c(-c2nc(CCCCCCCCCCCC)c(Cl)s2)s1.CCCCCCCCCCCCc1ccsc1B1OC(C)(C)C(C)(C)O1. The maximum absolute atomic E-state index is 6.91. The van der Waals surface area contributed by atoms with Gasteiger partial charge in [-0.1, -0.05) is 441 Å². The third kappa shape index (κ3) is 49.6. The van der Waals surface area contributed by atoms with Gasteiger partial charge in [0.15, 0.2) is 0 Å². The molecule has 118 heavy (non-hydrogen) atoms. The van der Waals surface area contributed by atoms with Crippen molar-refractivity contribution < 1.29 is 9.31 Å². The Kier molecular flexibility index (Phi) is 72.6. The highest BCUT2D eigenvalue weighted by atomic mass is 127. The molecular formula is C104H184BCl2IN2O2S6. The predicted octanol–water partition coefficient (Wildman–Crippen LogP) is 40.8. The fourth-order valence-corrected chi connectivity index (χ4v) is 23.9. The highest BCUT2D eigenvalue weighted by Gasteiger charge is 2.52. The molecule has 0 amide bonds. The van der Waals surface area contributed by atoms with Crippen LogP contribution in [0.5, 0.6) is 0 Å². The molecule has 1 saturated heterocycles. The molecule has 0 bridgehead atoms. The van der Waals surface area contributed by atoms with Gasteiger partial charge in [-0.3, -0.25) is 0 Å². The molecule has 1 fully saturated rings. The zero-order valence-electron chi connectivity index (χ0n) is 75.0. The first-order chi connectivity index (χ1) is 55.7. The Hall–Kier alpha value is -0.645. The van der Waals surface area contributed by atoms with E-state index in [1.165, 1.54) is 447 Å². The standard InChI is InChI=1S/C47H78ClNS3.C31H51ClINS2.C22H39BO2S.4CH4/c1-4-7-10-13-16-19-22-25-28-31-34-40-37-38-50-44(40)43-39-41(35-32-29-26-23-20-17-14-11-8-5-2)45(51-43)47-49-42(46(48)52-47)36-33-30-27-24-21-18-15-12-9-6-3;1-3-5-7-9-11-13-15-17-19-21-23-26-25-28(33)35-29(26)31-34-27(30(32)36-31)24-22-20-18-16-14-12-10-8-6-4-2;1-6-7-8-9-10-11-12-13-14-15-16-19-17-18-26-20(19)23-24-21(2,3)22(4,5)25-23;;;;/h37-39H,4-36H2,1-3H3;25H,3-24H2,1-2H3;17-18H,6-16H2,1-5H3;4*1H4. The molecule has 0 saturated carbocycles. The van der Waals surface area contributed by atoms with E-state index in [1.54, 1.807) is 39.6 Å². The lowest BCUT2D eigenvalue weighted by atomic mass is 9.83. The normalized spacial score (nSPS) is 12.8. The van der Waals surface area contributed by atoms with Crippen LogP contribution in [-0.2, 0) is 47.8 Å². The minimum absolute atomic E-state index is 0. The second-order valence-corrected chi connectivity index (χ2v) is 44.2. The number of aryl methyl sites for hydroxylation is 6. The van der Waals surface area contributed by atoms with Crippen molar-refractivity contribution in [1.82, 2.24) is 9.97 Å². The van der Waals surface area contributed by atoms with E-state index in [1.807, 2.05) is 34.0 Å². The highest BCUT2D eigenvalue weighted by Crippen LogP contribution is 2.46. The Bertz CT molecular complexity index is 3210. The summed E-state index contributed by atoms with van der Waals surface area (Å²) in [7, 11) is -0.196. The van der Waals surface area contributed by atoms with Crippen LogP contribution >= 0.6 is 114 Å². The van der Waals surface area contributed by atoms with Crippen molar-refractivity contribution >= 4 is 126 Å². The molecule has 1 aliphatic heterocycles. The van der Waals surface area contributed by atoms with Crippen LogP contribution in [0.3, 0.4) is 0 Å². The van der Waals surface area contributed by atoms with Gasteiger partial charge in [-0.25, -0.2) is 9.97 Å². The van der Waals surface area contributed by atoms with Gasteiger partial charge in [0.25, 0.3) is 0 Å². The number of nitrogens with zero attached hydrogens (tertiary/aromatic N) is 2. The summed E-state index contributed by atoms with van der Waals surface area (Å²) in [5, 5.41) is 6.83. The first kappa shape index (κ1) is 115. The lowest BCUT2D eigenvalue weighted by Gasteiger charge is -2.32. The molecular weight excluding hydrogens is 1710 g/mol. The Labute approximate surface area is 781 Å². The van der Waals surface area contributed by atoms with Crippen LogP contribution in [0.2, 0.25) is 8.67 Å². The summed E-state index contributed by atoms with van der Waals surface area (Å²) in [4.78, 5) is 16.0. The number of halogens is 3. The zero-order valence-corrected chi connectivity index (χ0v) is 83.6. The third-order valence-corrected chi connectivity index (χ3v) is 32.4. The minimum atomic E-state index is -0.254. The lowest BCUT2D eigenvalue weighted by Crippen LogP contribution is -2.41. The first-order valence-electron chi connectivity index (χ1n) is 48.4. The van der Waals surface area contributed by atoms with Crippen LogP contribution in [-0.4, -0.2) is 28.3 Å². The van der Waals surface area contributed by atoms with E-state index >= 15 is 0 Å². The molecule has 0 spiro atoms. The number of unbranched alkanes of at least 4 members (excludes halogenated alkanes) is 54. The number of hydrogen-bond acceptors (Lipinski definition) is 10. The molecule has 0 unspecified atom stereocenters. The number of aromatic nitrogens is 2. The van der Waals surface area contributed by atoms with Gasteiger partial charge in [0.1, 0.15) is 18.7 Å². The molecule has 0 radical (unpaired) electrons. The van der Waals surface area contributed by atoms with Crippen molar-refractivity contribution in [1.29, 1.82) is 0 Å². The number of hydrogen-bond donors (Lipinski definition) is 0. The van der Waals surface area contributed by atoms with Gasteiger partial charge in [-0.15, -0.1) is 56.7 Å². The van der Waals surface area contributed by atoms with Gasteiger partial charge >= 0.3 is 7.12 Å². The average molecular weight is 1900 g/mol. The number of thiophene rings is 4. The number of rotatable bonds is 70. The number of thiazole rings is 2. The summed E-state index contributed by atoms with van der Waals surface area (Å²) in [5.41, 5.74) is 7.73. The van der Waals surface area contributed by atoms with Gasteiger partial charge in [0.05, 0.1) is 35.2 Å². The Morgan fingerprint density at radius 1 is 0.305 bits per heavy atom. The fourth-order valence-electron chi connectivity index (χ4n) is 16.1. The van der Waals surface area contributed by atoms with Crippen LogP contribution in [0.4, 0.5) is 0 Å². The fraction of sp³-hybridized carbons (Fsp3) is 0.788. The monoisotopic (exact) mass is 1890 g/mol. The maximum atomic E-state index is 6.91. The molecule has 0 aromatic carbocycles. The minimum Gasteiger partial charge on any atom is -0.399 e. The molecule has 6 aromatic rings. The van der Waals surface area contributed by atoms with Crippen LogP contribution in [0.15, 0.2) is 35.0 Å². The molecule has 7 heterocycles. The van der Waals surface area contributed by atoms with Gasteiger partial charge in [-0.05, 0) is 185 Å². The van der Waals surface area contributed by atoms with Crippen molar-refractivity contribution in [2.24, 2.45) is 0 Å². The second kappa shape index (κ2) is 74.3. The molecule has 1 aliphatic rings. The summed E-state index contributed by atoms with van der Waals surface area (Å²) in [5.74, 6) is 0. The summed E-state index contributed by atoms with van der Waals surface area (Å²) in [6, 6.07) is 9.59. The van der Waals surface area contributed by atoms with E-state index in [-0.39, 0.29) is 48.0 Å². The summed E-state index contributed by atoms with van der Waals surface area (Å²) in [6.07, 6.45) is 89.6. The Balaban J connectivity index is 0.000000922. The van der Waals surface area contributed by atoms with Crippen molar-refractivity contribution in [3.05, 3.63) is 80.2 Å². The molecule has 682 valence electrons. The quantitative estimate of drug-likeness (QED) is 0.0217. The van der Waals surface area contributed by atoms with E-state index in [2.05, 4.69) is 127 Å². The van der Waals surface area contributed by atoms with E-state index in [9.17, 15) is 0 Å². The molecule has 4 nitrogen and oxygen atoms in total. The van der Waals surface area contributed by atoms with Crippen LogP contribution in [0.25, 0.3) is 29.5 Å². The average Bonchev–Trinajstić information content (AvgIpc) is 1.61. The molecule has 0 aliphatic carbocycles. The van der Waals surface area contributed by atoms with Crippen molar-refractivity contribution in [2.75, 3.05) is 0 Å². The van der Waals surface area contributed by atoms with Gasteiger partial charge < -0.3 is 9.31 Å². The van der Waals surface area contributed by atoms with Gasteiger partial charge in [0, 0.05) is 14.5 Å². The molecule has 0 atom stereocenters. The smallest absolute Gasteiger partial charge is 0.399 e. The van der Waals surface area contributed by atoms with Crippen molar-refractivity contribution in [2.45, 2.75) is 534 Å². The topological polar surface area (TPSA) is 44.2 Å². The van der Waals surface area contributed by atoms with Gasteiger partial charge in [-0.2, -0.15) is 11.3 Å². The van der Waals surface area contributed by atoms with E-state index in [4.69, 9.17) is 42.5 Å². The van der Waals surface area contributed by atoms with Crippen LogP contribution in [0, 0.1) is 2.88 Å². The van der Waals surface area contributed by atoms with Crippen molar-refractivity contribution in [3.8, 4) is 29.5 Å². The van der Waals surface area contributed by atoms with Gasteiger partial charge in [0.2, 0.25) is 0 Å². The largest absolute Gasteiger partial charge is 0.505 e.